The Balaban J connectivity index is 4.65. The van der Waals surface area contributed by atoms with Gasteiger partial charge in [-0.1, -0.05) is 39.5 Å². The Morgan fingerprint density at radius 1 is 1.20 bits per heavy atom. The fourth-order valence-corrected chi connectivity index (χ4v) is 1.83. The number of carbonyl (C=O) groups excluding carboxylic acids is 1. The van der Waals surface area contributed by atoms with Crippen LogP contribution in [-0.2, 0) is 9.53 Å². The first-order valence-electron chi connectivity index (χ1n) is 7.26. The molecule has 0 aliphatic carbocycles. The zero-order chi connectivity index (χ0) is 15.8. The number of alkyl halides is 3. The van der Waals surface area contributed by atoms with E-state index >= 15 is 0 Å². The first-order chi connectivity index (χ1) is 9.23. The van der Waals surface area contributed by atoms with E-state index < -0.39 is 24.1 Å². The summed E-state index contributed by atoms with van der Waals surface area (Å²) in [5, 5.41) is 0. The Morgan fingerprint density at radius 3 is 2.25 bits per heavy atom. The molecule has 0 aliphatic heterocycles. The van der Waals surface area contributed by atoms with Crippen LogP contribution in [0.25, 0.3) is 0 Å². The molecule has 0 saturated heterocycles. The van der Waals surface area contributed by atoms with Crippen LogP contribution < -0.4 is 5.73 Å². The molecule has 0 radical (unpaired) electrons. The second kappa shape index (κ2) is 9.21. The standard InChI is InChI=1S/C14H26F3NO2/c1-4-6-7-8-9-11(12(18)14(15,16)17)13(19)20-10(3)5-2/h10-12H,4-9,18H2,1-3H3/t10?,11-,12-/m0/s1. The lowest BCUT2D eigenvalue weighted by atomic mass is 9.93. The van der Waals surface area contributed by atoms with Gasteiger partial charge in [0.05, 0.1) is 12.0 Å². The summed E-state index contributed by atoms with van der Waals surface area (Å²) < 4.78 is 43.2. The molecule has 1 unspecified atom stereocenters. The normalized spacial score (nSPS) is 16.6. The van der Waals surface area contributed by atoms with Crippen LogP contribution in [-0.4, -0.2) is 24.3 Å². The van der Waals surface area contributed by atoms with Crippen LogP contribution in [0.5, 0.6) is 0 Å². The number of ether oxygens (including phenoxy) is 1. The number of unbranched alkanes of at least 4 members (excludes halogenated alkanes) is 3. The fourth-order valence-electron chi connectivity index (χ4n) is 1.83. The minimum Gasteiger partial charge on any atom is -0.462 e. The number of rotatable bonds is 9. The summed E-state index contributed by atoms with van der Waals surface area (Å²) in [7, 11) is 0. The van der Waals surface area contributed by atoms with Gasteiger partial charge in [-0.2, -0.15) is 13.2 Å². The lowest BCUT2D eigenvalue weighted by Gasteiger charge is -2.25. The van der Waals surface area contributed by atoms with Gasteiger partial charge in [-0.15, -0.1) is 0 Å². The molecule has 3 nitrogen and oxygen atoms in total. The van der Waals surface area contributed by atoms with E-state index in [1.807, 2.05) is 6.92 Å². The van der Waals surface area contributed by atoms with Crippen LogP contribution in [0.1, 0.15) is 59.3 Å². The van der Waals surface area contributed by atoms with Crippen molar-refractivity contribution in [3.05, 3.63) is 0 Å². The molecular weight excluding hydrogens is 271 g/mol. The van der Waals surface area contributed by atoms with Gasteiger partial charge in [0, 0.05) is 0 Å². The number of carbonyl (C=O) groups is 1. The highest BCUT2D eigenvalue weighted by Crippen LogP contribution is 2.28. The maximum Gasteiger partial charge on any atom is 0.404 e. The molecule has 3 atom stereocenters. The van der Waals surface area contributed by atoms with E-state index in [4.69, 9.17) is 10.5 Å². The van der Waals surface area contributed by atoms with Crippen molar-refractivity contribution in [3.63, 3.8) is 0 Å². The van der Waals surface area contributed by atoms with Gasteiger partial charge in [0.1, 0.15) is 6.04 Å². The maximum atomic E-state index is 12.7. The molecule has 120 valence electrons. The summed E-state index contributed by atoms with van der Waals surface area (Å²) in [6.45, 7) is 5.47. The quantitative estimate of drug-likeness (QED) is 0.520. The lowest BCUT2D eigenvalue weighted by Crippen LogP contribution is -2.47. The molecule has 0 aliphatic rings. The predicted octanol–water partition coefficient (Wildman–Crippen LogP) is 3.80. The maximum absolute atomic E-state index is 12.7. The number of hydrogen-bond donors (Lipinski definition) is 1. The SMILES string of the molecule is CCCCCC[C@H](C(=O)OC(C)CC)[C@H](N)C(F)(F)F. The molecule has 0 aromatic carbocycles. The van der Waals surface area contributed by atoms with Gasteiger partial charge < -0.3 is 10.5 Å². The summed E-state index contributed by atoms with van der Waals surface area (Å²) in [6.07, 6.45) is -1.01. The van der Waals surface area contributed by atoms with Crippen LogP contribution in [0.4, 0.5) is 13.2 Å². The highest BCUT2D eigenvalue weighted by Gasteiger charge is 2.45. The molecule has 2 N–H and O–H groups in total. The van der Waals surface area contributed by atoms with Crippen molar-refractivity contribution >= 4 is 5.97 Å². The molecule has 0 bridgehead atoms. The number of esters is 1. The lowest BCUT2D eigenvalue weighted by molar-refractivity contribution is -0.179. The van der Waals surface area contributed by atoms with Crippen LogP contribution in [0.3, 0.4) is 0 Å². The van der Waals surface area contributed by atoms with Gasteiger partial charge in [0.25, 0.3) is 0 Å². The number of hydrogen-bond acceptors (Lipinski definition) is 3. The Labute approximate surface area is 119 Å². The van der Waals surface area contributed by atoms with E-state index in [1.165, 1.54) is 0 Å². The van der Waals surface area contributed by atoms with Gasteiger partial charge >= 0.3 is 12.1 Å². The average molecular weight is 297 g/mol. The van der Waals surface area contributed by atoms with Gasteiger partial charge in [-0.05, 0) is 19.8 Å². The second-order valence-corrected chi connectivity index (χ2v) is 5.18. The van der Waals surface area contributed by atoms with E-state index in [-0.39, 0.29) is 12.5 Å². The number of halogens is 3. The molecule has 0 aromatic rings. The average Bonchev–Trinajstić information content (AvgIpc) is 2.36. The number of nitrogens with two attached hydrogens (primary N) is 1. The van der Waals surface area contributed by atoms with E-state index in [9.17, 15) is 18.0 Å². The van der Waals surface area contributed by atoms with Gasteiger partial charge in [0.2, 0.25) is 0 Å². The minimum absolute atomic E-state index is 0.121. The summed E-state index contributed by atoms with van der Waals surface area (Å²) in [5.41, 5.74) is 5.20. The van der Waals surface area contributed by atoms with E-state index in [0.717, 1.165) is 19.3 Å². The highest BCUT2D eigenvalue weighted by molar-refractivity contribution is 5.73. The molecule has 0 fully saturated rings. The molecule has 6 heteroatoms. The third-order valence-electron chi connectivity index (χ3n) is 3.38. The third kappa shape index (κ3) is 7.12. The van der Waals surface area contributed by atoms with Gasteiger partial charge in [-0.25, -0.2) is 0 Å². The zero-order valence-electron chi connectivity index (χ0n) is 12.5. The molecular formula is C14H26F3NO2. The summed E-state index contributed by atoms with van der Waals surface area (Å²) in [5.74, 6) is -2.14. The van der Waals surface area contributed by atoms with E-state index in [0.29, 0.717) is 12.8 Å². The molecule has 0 saturated carbocycles. The van der Waals surface area contributed by atoms with Crippen LogP contribution in [0.2, 0.25) is 0 Å². The summed E-state index contributed by atoms with van der Waals surface area (Å²) >= 11 is 0. The molecule has 0 spiro atoms. The van der Waals surface area contributed by atoms with Crippen molar-refractivity contribution in [2.75, 3.05) is 0 Å². The predicted molar refractivity (Wildman–Crippen MR) is 72.1 cm³/mol. The summed E-state index contributed by atoms with van der Waals surface area (Å²) in [6, 6.07) is -2.15. The van der Waals surface area contributed by atoms with Crippen LogP contribution >= 0.6 is 0 Å². The van der Waals surface area contributed by atoms with Crippen molar-refractivity contribution in [3.8, 4) is 0 Å². The Bertz CT molecular complexity index is 282. The van der Waals surface area contributed by atoms with Crippen LogP contribution in [0, 0.1) is 5.92 Å². The second-order valence-electron chi connectivity index (χ2n) is 5.18. The van der Waals surface area contributed by atoms with E-state index in [2.05, 4.69) is 0 Å². The first kappa shape index (κ1) is 19.2. The topological polar surface area (TPSA) is 52.3 Å². The van der Waals surface area contributed by atoms with Crippen LogP contribution in [0.15, 0.2) is 0 Å². The Morgan fingerprint density at radius 2 is 1.80 bits per heavy atom. The Hall–Kier alpha value is -0.780. The van der Waals surface area contributed by atoms with Crippen molar-refractivity contribution in [2.45, 2.75) is 77.6 Å². The Kier molecular flexibility index (Phi) is 8.85. The molecule has 0 aromatic heterocycles. The highest BCUT2D eigenvalue weighted by atomic mass is 19.4. The zero-order valence-corrected chi connectivity index (χ0v) is 12.5. The third-order valence-corrected chi connectivity index (χ3v) is 3.38. The monoisotopic (exact) mass is 297 g/mol. The van der Waals surface area contributed by atoms with Gasteiger partial charge in [-0.3, -0.25) is 4.79 Å². The molecule has 0 rings (SSSR count). The smallest absolute Gasteiger partial charge is 0.404 e. The van der Waals surface area contributed by atoms with Crippen molar-refractivity contribution < 1.29 is 22.7 Å². The van der Waals surface area contributed by atoms with Crippen molar-refractivity contribution in [2.24, 2.45) is 11.7 Å². The van der Waals surface area contributed by atoms with Crippen molar-refractivity contribution in [1.82, 2.24) is 0 Å². The first-order valence-corrected chi connectivity index (χ1v) is 7.26. The van der Waals surface area contributed by atoms with Crippen molar-refractivity contribution in [1.29, 1.82) is 0 Å². The largest absolute Gasteiger partial charge is 0.462 e. The molecule has 20 heavy (non-hydrogen) atoms. The van der Waals surface area contributed by atoms with E-state index in [1.54, 1.807) is 13.8 Å². The summed E-state index contributed by atoms with van der Waals surface area (Å²) in [4.78, 5) is 11.9. The van der Waals surface area contributed by atoms with Gasteiger partial charge in [0.15, 0.2) is 0 Å². The molecule has 0 amide bonds. The minimum atomic E-state index is -4.58. The fraction of sp³-hybridized carbons (Fsp3) is 0.929. The molecule has 0 heterocycles.